The Labute approximate surface area is 181 Å². The Hall–Kier alpha value is -2.55. The van der Waals surface area contributed by atoms with Gasteiger partial charge in [-0.15, -0.1) is 0 Å². The van der Waals surface area contributed by atoms with Crippen molar-refractivity contribution in [1.82, 2.24) is 19.2 Å². The molecule has 0 spiro atoms. The van der Waals surface area contributed by atoms with Crippen molar-refractivity contribution in [2.24, 2.45) is 0 Å². The summed E-state index contributed by atoms with van der Waals surface area (Å²) in [5.74, 6) is -0.744. The van der Waals surface area contributed by atoms with Crippen LogP contribution in [0.5, 0.6) is 0 Å². The van der Waals surface area contributed by atoms with E-state index in [9.17, 15) is 22.8 Å². The standard InChI is InChI=1S/C21H20ClF3N4O2/c22-18-17(20(31)27-7-8-28(16(30)11-27)14-3-1-2-4-14)26-19-15(21(23,24)25)9-13(10-29(18)19)12-5-6-12/h1-2,9-10,12,14H,3-8,11H2. The van der Waals surface area contributed by atoms with Gasteiger partial charge in [0.1, 0.15) is 11.7 Å². The highest BCUT2D eigenvalue weighted by Crippen LogP contribution is 2.43. The minimum atomic E-state index is -4.63. The number of amides is 2. The molecule has 0 unspecified atom stereocenters. The molecule has 0 radical (unpaired) electrons. The van der Waals surface area contributed by atoms with Gasteiger partial charge >= 0.3 is 6.18 Å². The van der Waals surface area contributed by atoms with Crippen LogP contribution in [0, 0.1) is 0 Å². The molecular weight excluding hydrogens is 433 g/mol. The zero-order chi connectivity index (χ0) is 21.9. The third-order valence-corrected chi connectivity index (χ3v) is 6.57. The summed E-state index contributed by atoms with van der Waals surface area (Å²) in [6.07, 6.45) is 4.19. The van der Waals surface area contributed by atoms with Crippen LogP contribution < -0.4 is 0 Å². The molecule has 3 aliphatic rings. The van der Waals surface area contributed by atoms with E-state index in [1.165, 1.54) is 11.1 Å². The van der Waals surface area contributed by atoms with Gasteiger partial charge in [-0.2, -0.15) is 13.2 Å². The number of alkyl halides is 3. The fraction of sp³-hybridized carbons (Fsp3) is 0.476. The molecule has 31 heavy (non-hydrogen) atoms. The number of imidazole rings is 1. The number of hydrogen-bond acceptors (Lipinski definition) is 3. The van der Waals surface area contributed by atoms with Crippen LogP contribution in [0.3, 0.4) is 0 Å². The molecule has 2 aliphatic carbocycles. The summed E-state index contributed by atoms with van der Waals surface area (Å²) in [6, 6.07) is 1.21. The van der Waals surface area contributed by atoms with E-state index < -0.39 is 23.3 Å². The summed E-state index contributed by atoms with van der Waals surface area (Å²) in [7, 11) is 0. The van der Waals surface area contributed by atoms with Gasteiger partial charge in [-0.1, -0.05) is 23.8 Å². The molecule has 2 amide bonds. The topological polar surface area (TPSA) is 57.9 Å². The molecule has 2 aromatic rings. The van der Waals surface area contributed by atoms with E-state index >= 15 is 0 Å². The molecule has 1 saturated carbocycles. The van der Waals surface area contributed by atoms with Gasteiger partial charge in [0.25, 0.3) is 5.91 Å². The molecular formula is C21H20ClF3N4O2. The molecule has 2 aromatic heterocycles. The number of carbonyl (C=O) groups is 2. The van der Waals surface area contributed by atoms with Crippen LogP contribution in [0.15, 0.2) is 24.4 Å². The fourth-order valence-corrected chi connectivity index (χ4v) is 4.63. The van der Waals surface area contributed by atoms with Crippen LogP contribution >= 0.6 is 11.6 Å². The van der Waals surface area contributed by atoms with E-state index in [-0.39, 0.29) is 41.8 Å². The van der Waals surface area contributed by atoms with Crippen molar-refractivity contribution in [2.45, 2.75) is 43.8 Å². The number of rotatable bonds is 3. The van der Waals surface area contributed by atoms with Crippen molar-refractivity contribution in [2.75, 3.05) is 19.6 Å². The number of hydrogen-bond donors (Lipinski definition) is 0. The predicted molar refractivity (Wildman–Crippen MR) is 107 cm³/mol. The second-order valence-electron chi connectivity index (χ2n) is 8.31. The number of nitrogens with zero attached hydrogens (tertiary/aromatic N) is 4. The number of halogens is 4. The average molecular weight is 453 g/mol. The van der Waals surface area contributed by atoms with Crippen LogP contribution in [-0.2, 0) is 11.0 Å². The Balaban J connectivity index is 1.45. The minimum absolute atomic E-state index is 0.0684. The van der Waals surface area contributed by atoms with Crippen LogP contribution in [0.1, 0.15) is 53.2 Å². The van der Waals surface area contributed by atoms with Crippen LogP contribution in [0.2, 0.25) is 5.15 Å². The third kappa shape index (κ3) is 3.58. The summed E-state index contributed by atoms with van der Waals surface area (Å²) in [6.45, 7) is 0.519. The minimum Gasteiger partial charge on any atom is -0.336 e. The molecule has 5 rings (SSSR count). The van der Waals surface area contributed by atoms with E-state index in [4.69, 9.17) is 11.6 Å². The van der Waals surface area contributed by atoms with E-state index in [1.54, 1.807) is 4.90 Å². The van der Waals surface area contributed by atoms with Crippen molar-refractivity contribution < 1.29 is 22.8 Å². The molecule has 1 saturated heterocycles. The summed E-state index contributed by atoms with van der Waals surface area (Å²) in [4.78, 5) is 32.7. The second kappa shape index (κ2) is 7.25. The first kappa shape index (κ1) is 20.4. The molecule has 0 N–H and O–H groups in total. The van der Waals surface area contributed by atoms with Crippen LogP contribution in [-0.4, -0.2) is 56.7 Å². The Morgan fingerprint density at radius 3 is 2.48 bits per heavy atom. The third-order valence-electron chi connectivity index (χ3n) is 6.21. The van der Waals surface area contributed by atoms with Gasteiger partial charge in [-0.25, -0.2) is 4.98 Å². The molecule has 6 nitrogen and oxygen atoms in total. The largest absolute Gasteiger partial charge is 0.419 e. The Kier molecular flexibility index (Phi) is 4.76. The average Bonchev–Trinajstić information content (AvgIpc) is 3.33. The molecule has 164 valence electrons. The van der Waals surface area contributed by atoms with E-state index in [2.05, 4.69) is 4.98 Å². The Morgan fingerprint density at radius 1 is 1.16 bits per heavy atom. The number of piperazine rings is 1. The summed E-state index contributed by atoms with van der Waals surface area (Å²) in [5.41, 5.74) is -1.03. The fourth-order valence-electron chi connectivity index (χ4n) is 4.38. The van der Waals surface area contributed by atoms with Gasteiger partial charge in [-0.3, -0.25) is 14.0 Å². The summed E-state index contributed by atoms with van der Waals surface area (Å²) >= 11 is 6.34. The second-order valence-corrected chi connectivity index (χ2v) is 8.67. The van der Waals surface area contributed by atoms with Crippen LogP contribution in [0.4, 0.5) is 13.2 Å². The zero-order valence-electron chi connectivity index (χ0n) is 16.5. The van der Waals surface area contributed by atoms with Gasteiger partial charge in [0, 0.05) is 25.3 Å². The zero-order valence-corrected chi connectivity index (χ0v) is 17.3. The van der Waals surface area contributed by atoms with Gasteiger partial charge < -0.3 is 9.80 Å². The highest BCUT2D eigenvalue weighted by Gasteiger charge is 2.39. The molecule has 2 fully saturated rings. The maximum atomic E-state index is 13.7. The maximum absolute atomic E-state index is 13.7. The van der Waals surface area contributed by atoms with Gasteiger partial charge in [0.15, 0.2) is 11.3 Å². The normalized spacial score (nSPS) is 20.3. The lowest BCUT2D eigenvalue weighted by atomic mass is 10.1. The summed E-state index contributed by atoms with van der Waals surface area (Å²) in [5, 5.41) is -0.164. The summed E-state index contributed by atoms with van der Waals surface area (Å²) < 4.78 is 42.2. The number of carbonyl (C=O) groups excluding carboxylic acids is 2. The van der Waals surface area contributed by atoms with E-state index in [0.717, 1.165) is 36.2 Å². The number of fused-ring (bicyclic) bond motifs is 1. The molecule has 0 bridgehead atoms. The number of aromatic nitrogens is 2. The monoisotopic (exact) mass is 452 g/mol. The number of pyridine rings is 1. The van der Waals surface area contributed by atoms with Crippen molar-refractivity contribution >= 4 is 29.1 Å². The maximum Gasteiger partial charge on any atom is 0.419 e. The van der Waals surface area contributed by atoms with E-state index in [0.29, 0.717) is 12.1 Å². The highest BCUT2D eigenvalue weighted by molar-refractivity contribution is 6.33. The van der Waals surface area contributed by atoms with Crippen molar-refractivity contribution in [1.29, 1.82) is 0 Å². The molecule has 0 atom stereocenters. The molecule has 3 heterocycles. The first-order valence-electron chi connectivity index (χ1n) is 10.3. The SMILES string of the molecule is O=C(c1nc2c(C(F)(F)F)cc(C3CC3)cn2c1Cl)N1CCN(C2CC=CC2)C(=O)C1. The van der Waals surface area contributed by atoms with Crippen molar-refractivity contribution in [3.8, 4) is 0 Å². The van der Waals surface area contributed by atoms with Gasteiger partial charge in [-0.05, 0) is 43.2 Å². The first-order chi connectivity index (χ1) is 14.7. The Bertz CT molecular complexity index is 1100. The quantitative estimate of drug-likeness (QED) is 0.664. The van der Waals surface area contributed by atoms with Gasteiger partial charge in [0.05, 0.1) is 5.56 Å². The lowest BCUT2D eigenvalue weighted by Gasteiger charge is -2.37. The van der Waals surface area contributed by atoms with E-state index in [1.807, 2.05) is 12.2 Å². The molecule has 0 aromatic carbocycles. The lowest BCUT2D eigenvalue weighted by Crippen LogP contribution is -2.55. The van der Waals surface area contributed by atoms with Gasteiger partial charge in [0.2, 0.25) is 5.91 Å². The first-order valence-corrected chi connectivity index (χ1v) is 10.6. The molecule has 10 heteroatoms. The highest BCUT2D eigenvalue weighted by atomic mass is 35.5. The smallest absolute Gasteiger partial charge is 0.336 e. The predicted octanol–water partition coefficient (Wildman–Crippen LogP) is 3.89. The lowest BCUT2D eigenvalue weighted by molar-refractivity contribution is -0.137. The van der Waals surface area contributed by atoms with Crippen LogP contribution in [0.25, 0.3) is 5.65 Å². The van der Waals surface area contributed by atoms with Crippen molar-refractivity contribution in [3.63, 3.8) is 0 Å². The Morgan fingerprint density at radius 2 is 1.87 bits per heavy atom. The van der Waals surface area contributed by atoms with Crippen molar-refractivity contribution in [3.05, 3.63) is 46.4 Å². The molecule has 1 aliphatic heterocycles.